The summed E-state index contributed by atoms with van der Waals surface area (Å²) in [5.41, 5.74) is 0. The number of hydrogen-bond donors (Lipinski definition) is 4. The standard InChI is InChI=1S/C9H20O4/c10-7-2-1-4-8(11)5-3-6-9(12)13/h8-13H,1-7H2. The number of rotatable bonds is 8. The van der Waals surface area contributed by atoms with Crippen LogP contribution in [-0.4, -0.2) is 39.4 Å². The quantitative estimate of drug-likeness (QED) is 0.322. The summed E-state index contributed by atoms with van der Waals surface area (Å²) in [7, 11) is 0. The smallest absolute Gasteiger partial charge is 0.151 e. The van der Waals surface area contributed by atoms with E-state index in [9.17, 15) is 5.11 Å². The average molecular weight is 192 g/mol. The van der Waals surface area contributed by atoms with Gasteiger partial charge in [-0.3, -0.25) is 0 Å². The molecule has 1 atom stereocenters. The second kappa shape index (κ2) is 8.44. The van der Waals surface area contributed by atoms with Gasteiger partial charge in [-0.05, 0) is 38.5 Å². The van der Waals surface area contributed by atoms with Crippen molar-refractivity contribution >= 4 is 0 Å². The molecule has 0 spiro atoms. The molecule has 1 unspecified atom stereocenters. The third-order valence-corrected chi connectivity index (χ3v) is 1.95. The summed E-state index contributed by atoms with van der Waals surface area (Å²) < 4.78 is 0. The molecule has 0 bridgehead atoms. The van der Waals surface area contributed by atoms with E-state index in [4.69, 9.17) is 15.3 Å². The summed E-state index contributed by atoms with van der Waals surface area (Å²) in [5.74, 6) is 0. The maximum Gasteiger partial charge on any atom is 0.151 e. The molecule has 13 heavy (non-hydrogen) atoms. The van der Waals surface area contributed by atoms with Crippen molar-refractivity contribution in [1.29, 1.82) is 0 Å². The molecule has 0 aromatic rings. The van der Waals surface area contributed by atoms with Crippen molar-refractivity contribution in [1.82, 2.24) is 0 Å². The van der Waals surface area contributed by atoms with Crippen molar-refractivity contribution in [3.05, 3.63) is 0 Å². The lowest BCUT2D eigenvalue weighted by molar-refractivity contribution is -0.0481. The highest BCUT2D eigenvalue weighted by atomic mass is 16.5. The van der Waals surface area contributed by atoms with E-state index >= 15 is 0 Å². The topological polar surface area (TPSA) is 80.9 Å². The van der Waals surface area contributed by atoms with Crippen molar-refractivity contribution in [3.63, 3.8) is 0 Å². The second-order valence-electron chi connectivity index (χ2n) is 3.28. The maximum atomic E-state index is 9.34. The van der Waals surface area contributed by atoms with E-state index in [1.165, 1.54) is 0 Å². The zero-order valence-corrected chi connectivity index (χ0v) is 7.89. The highest BCUT2D eigenvalue weighted by Gasteiger charge is 2.04. The van der Waals surface area contributed by atoms with Crippen LogP contribution in [0.4, 0.5) is 0 Å². The van der Waals surface area contributed by atoms with Crippen molar-refractivity contribution in [2.45, 2.75) is 50.9 Å². The van der Waals surface area contributed by atoms with Crippen LogP contribution >= 0.6 is 0 Å². The molecule has 0 amide bonds. The van der Waals surface area contributed by atoms with Gasteiger partial charge < -0.3 is 20.4 Å². The highest BCUT2D eigenvalue weighted by molar-refractivity contribution is 4.56. The van der Waals surface area contributed by atoms with Crippen LogP contribution < -0.4 is 0 Å². The van der Waals surface area contributed by atoms with Gasteiger partial charge in [0.1, 0.15) is 0 Å². The Labute approximate surface area is 78.8 Å². The molecule has 0 heterocycles. The van der Waals surface area contributed by atoms with Crippen LogP contribution in [0, 0.1) is 0 Å². The Kier molecular flexibility index (Phi) is 8.33. The lowest BCUT2D eigenvalue weighted by atomic mass is 10.1. The minimum absolute atomic E-state index is 0.169. The van der Waals surface area contributed by atoms with Gasteiger partial charge in [0.2, 0.25) is 0 Å². The fourth-order valence-electron chi connectivity index (χ4n) is 1.17. The molecular formula is C9H20O4. The Morgan fingerprint density at radius 2 is 1.38 bits per heavy atom. The van der Waals surface area contributed by atoms with E-state index in [0.717, 1.165) is 12.8 Å². The first-order valence-corrected chi connectivity index (χ1v) is 4.82. The van der Waals surface area contributed by atoms with E-state index in [1.54, 1.807) is 0 Å². The van der Waals surface area contributed by atoms with Crippen molar-refractivity contribution in [2.75, 3.05) is 6.61 Å². The largest absolute Gasteiger partial charge is 0.396 e. The summed E-state index contributed by atoms with van der Waals surface area (Å²) in [6.45, 7) is 0.169. The van der Waals surface area contributed by atoms with Gasteiger partial charge >= 0.3 is 0 Å². The molecule has 0 rings (SSSR count). The zero-order chi connectivity index (χ0) is 10.1. The first-order valence-electron chi connectivity index (χ1n) is 4.82. The molecule has 0 aliphatic carbocycles. The molecule has 80 valence electrons. The average Bonchev–Trinajstić information content (AvgIpc) is 2.04. The Morgan fingerprint density at radius 1 is 0.769 bits per heavy atom. The van der Waals surface area contributed by atoms with Gasteiger partial charge in [-0.15, -0.1) is 0 Å². The Morgan fingerprint density at radius 3 is 1.92 bits per heavy atom. The SMILES string of the molecule is OCCCCC(O)CCCC(O)O. The fraction of sp³-hybridized carbons (Fsp3) is 1.00. The third kappa shape index (κ3) is 9.76. The lowest BCUT2D eigenvalue weighted by Gasteiger charge is -2.10. The number of hydrogen-bond acceptors (Lipinski definition) is 4. The first-order chi connectivity index (χ1) is 6.16. The van der Waals surface area contributed by atoms with Gasteiger partial charge in [0.05, 0.1) is 6.10 Å². The highest BCUT2D eigenvalue weighted by Crippen LogP contribution is 2.08. The predicted octanol–water partition coefficient (Wildman–Crippen LogP) is -0.00910. The van der Waals surface area contributed by atoms with E-state index in [1.807, 2.05) is 0 Å². The molecule has 0 aromatic heterocycles. The van der Waals surface area contributed by atoms with Crippen LogP contribution in [0.2, 0.25) is 0 Å². The number of aliphatic hydroxyl groups is 4. The molecule has 4 N–H and O–H groups in total. The number of aliphatic hydroxyl groups excluding tert-OH is 3. The second-order valence-corrected chi connectivity index (χ2v) is 3.28. The molecule has 0 aliphatic rings. The van der Waals surface area contributed by atoms with E-state index < -0.39 is 6.29 Å². The zero-order valence-electron chi connectivity index (χ0n) is 7.89. The maximum absolute atomic E-state index is 9.34. The van der Waals surface area contributed by atoms with Crippen LogP contribution in [0.5, 0.6) is 0 Å². The molecule has 0 saturated carbocycles. The Bertz CT molecular complexity index is 106. The molecule has 0 aromatic carbocycles. The minimum atomic E-state index is -1.26. The fourth-order valence-corrected chi connectivity index (χ4v) is 1.17. The lowest BCUT2D eigenvalue weighted by Crippen LogP contribution is -2.09. The van der Waals surface area contributed by atoms with Crippen LogP contribution in [0.3, 0.4) is 0 Å². The van der Waals surface area contributed by atoms with Crippen molar-refractivity contribution in [2.24, 2.45) is 0 Å². The third-order valence-electron chi connectivity index (χ3n) is 1.95. The summed E-state index contributed by atoms with van der Waals surface area (Å²) in [6.07, 6.45) is 2.13. The van der Waals surface area contributed by atoms with Gasteiger partial charge in [0.15, 0.2) is 6.29 Å². The summed E-state index contributed by atoms with van der Waals surface area (Å²) >= 11 is 0. The molecule has 4 nitrogen and oxygen atoms in total. The molecule has 0 fully saturated rings. The normalized spacial score (nSPS) is 13.6. The van der Waals surface area contributed by atoms with E-state index in [2.05, 4.69) is 0 Å². The van der Waals surface area contributed by atoms with Gasteiger partial charge in [0.25, 0.3) is 0 Å². The van der Waals surface area contributed by atoms with Crippen LogP contribution in [0.25, 0.3) is 0 Å². The minimum Gasteiger partial charge on any atom is -0.396 e. The Balaban J connectivity index is 3.15. The summed E-state index contributed by atoms with van der Waals surface area (Å²) in [5, 5.41) is 34.9. The monoisotopic (exact) mass is 192 g/mol. The molecule has 0 saturated heterocycles. The van der Waals surface area contributed by atoms with Crippen molar-refractivity contribution in [3.8, 4) is 0 Å². The van der Waals surface area contributed by atoms with Crippen LogP contribution in [0.15, 0.2) is 0 Å². The first kappa shape index (κ1) is 12.8. The van der Waals surface area contributed by atoms with Crippen LogP contribution in [-0.2, 0) is 0 Å². The van der Waals surface area contributed by atoms with Gasteiger partial charge in [-0.1, -0.05) is 0 Å². The van der Waals surface area contributed by atoms with Gasteiger partial charge in [0, 0.05) is 6.61 Å². The number of unbranched alkanes of at least 4 members (excludes halogenated alkanes) is 1. The Hall–Kier alpha value is -0.160. The van der Waals surface area contributed by atoms with Gasteiger partial charge in [-0.25, -0.2) is 0 Å². The van der Waals surface area contributed by atoms with Crippen molar-refractivity contribution < 1.29 is 20.4 Å². The molecule has 4 heteroatoms. The van der Waals surface area contributed by atoms with E-state index in [-0.39, 0.29) is 12.7 Å². The predicted molar refractivity (Wildman–Crippen MR) is 49.0 cm³/mol. The van der Waals surface area contributed by atoms with Crippen LogP contribution in [0.1, 0.15) is 38.5 Å². The van der Waals surface area contributed by atoms with E-state index in [0.29, 0.717) is 25.7 Å². The molecular weight excluding hydrogens is 172 g/mol. The molecule has 0 radical (unpaired) electrons. The summed E-state index contributed by atoms with van der Waals surface area (Å²) in [4.78, 5) is 0. The molecule has 0 aliphatic heterocycles. The van der Waals surface area contributed by atoms with Gasteiger partial charge in [-0.2, -0.15) is 0 Å². The summed E-state index contributed by atoms with van der Waals surface area (Å²) in [6, 6.07) is 0.